The Hall–Kier alpha value is -3.21. The molecule has 146 valence electrons. The average molecular weight is 378 g/mol. The first kappa shape index (κ1) is 19.5. The van der Waals surface area contributed by atoms with Crippen molar-refractivity contribution >= 4 is 11.6 Å². The molecule has 1 aromatic heterocycles. The van der Waals surface area contributed by atoms with E-state index >= 15 is 0 Å². The van der Waals surface area contributed by atoms with Gasteiger partial charge in [-0.1, -0.05) is 31.2 Å². The van der Waals surface area contributed by atoms with Crippen LogP contribution in [0.25, 0.3) is 0 Å². The summed E-state index contributed by atoms with van der Waals surface area (Å²) in [7, 11) is 3.23. The second-order valence-corrected chi connectivity index (χ2v) is 6.54. The molecule has 0 bridgehead atoms. The van der Waals surface area contributed by atoms with Crippen LogP contribution in [0.4, 0.5) is 5.69 Å². The molecule has 0 saturated carbocycles. The van der Waals surface area contributed by atoms with Crippen LogP contribution in [0.15, 0.2) is 67.0 Å². The molecular weight excluding hydrogens is 352 g/mol. The first-order valence-corrected chi connectivity index (χ1v) is 9.38. The number of aryl methyl sites for hydroxylation is 1. The van der Waals surface area contributed by atoms with Crippen molar-refractivity contribution in [3.63, 3.8) is 0 Å². The van der Waals surface area contributed by atoms with Crippen LogP contribution in [0.5, 0.6) is 11.5 Å². The number of hydrogen-bond acceptors (Lipinski definition) is 3. The molecule has 0 aliphatic carbocycles. The Morgan fingerprint density at radius 2 is 1.79 bits per heavy atom. The van der Waals surface area contributed by atoms with E-state index in [2.05, 4.69) is 18.3 Å². The minimum atomic E-state index is -0.214. The van der Waals surface area contributed by atoms with Crippen molar-refractivity contribution in [2.24, 2.45) is 0 Å². The number of amides is 1. The number of carbonyl (C=O) groups is 1. The Morgan fingerprint density at radius 1 is 1.04 bits per heavy atom. The quantitative estimate of drug-likeness (QED) is 0.619. The summed E-state index contributed by atoms with van der Waals surface area (Å²) >= 11 is 0. The zero-order valence-electron chi connectivity index (χ0n) is 16.5. The molecule has 1 atom stereocenters. The van der Waals surface area contributed by atoms with Crippen LogP contribution in [0.2, 0.25) is 0 Å². The van der Waals surface area contributed by atoms with Crippen LogP contribution in [0.1, 0.15) is 30.5 Å². The molecule has 5 nitrogen and oxygen atoms in total. The largest absolute Gasteiger partial charge is 0.493 e. The Balaban J connectivity index is 1.89. The van der Waals surface area contributed by atoms with E-state index in [-0.39, 0.29) is 18.4 Å². The van der Waals surface area contributed by atoms with E-state index in [1.807, 2.05) is 65.5 Å². The number of carbonyl (C=O) groups excluding carboxylic acids is 1. The number of anilines is 1. The number of para-hydroxylation sites is 1. The van der Waals surface area contributed by atoms with Gasteiger partial charge in [-0.15, -0.1) is 0 Å². The van der Waals surface area contributed by atoms with Crippen molar-refractivity contribution in [3.05, 3.63) is 78.1 Å². The molecule has 0 saturated heterocycles. The molecule has 0 fully saturated rings. The van der Waals surface area contributed by atoms with Gasteiger partial charge in [-0.25, -0.2) is 0 Å². The normalized spacial score (nSPS) is 11.7. The lowest BCUT2D eigenvalue weighted by atomic mass is 10.0. The number of hydrogen-bond donors (Lipinski definition) is 1. The highest BCUT2D eigenvalue weighted by atomic mass is 16.5. The molecule has 1 unspecified atom stereocenters. The van der Waals surface area contributed by atoms with Gasteiger partial charge in [0.05, 0.1) is 26.7 Å². The van der Waals surface area contributed by atoms with E-state index in [0.29, 0.717) is 11.5 Å². The number of methoxy groups -OCH3 is 2. The van der Waals surface area contributed by atoms with Crippen molar-refractivity contribution in [1.29, 1.82) is 0 Å². The SMILES string of the molecule is CCc1cccc(NC(=O)CC(c2cccc(OC)c2OC)n2cccc2)c1. The lowest BCUT2D eigenvalue weighted by molar-refractivity contribution is -0.116. The highest BCUT2D eigenvalue weighted by Crippen LogP contribution is 2.37. The van der Waals surface area contributed by atoms with E-state index < -0.39 is 0 Å². The van der Waals surface area contributed by atoms with Gasteiger partial charge >= 0.3 is 0 Å². The molecule has 0 aliphatic heterocycles. The molecule has 5 heteroatoms. The van der Waals surface area contributed by atoms with E-state index in [1.165, 1.54) is 5.56 Å². The van der Waals surface area contributed by atoms with Crippen molar-refractivity contribution in [2.75, 3.05) is 19.5 Å². The number of nitrogens with one attached hydrogen (secondary N) is 1. The number of benzene rings is 2. The van der Waals surface area contributed by atoms with Crippen LogP contribution >= 0.6 is 0 Å². The summed E-state index contributed by atoms with van der Waals surface area (Å²) in [6.45, 7) is 2.10. The van der Waals surface area contributed by atoms with Crippen molar-refractivity contribution in [1.82, 2.24) is 4.57 Å². The second-order valence-electron chi connectivity index (χ2n) is 6.54. The van der Waals surface area contributed by atoms with Gasteiger partial charge in [-0.2, -0.15) is 0 Å². The Kier molecular flexibility index (Phi) is 6.37. The molecule has 1 N–H and O–H groups in total. The monoisotopic (exact) mass is 378 g/mol. The molecule has 0 aliphatic rings. The number of aromatic nitrogens is 1. The van der Waals surface area contributed by atoms with Gasteiger partial charge in [-0.05, 0) is 42.3 Å². The summed E-state index contributed by atoms with van der Waals surface area (Å²) < 4.78 is 13.1. The molecule has 1 amide bonds. The van der Waals surface area contributed by atoms with Crippen LogP contribution in [-0.2, 0) is 11.2 Å². The van der Waals surface area contributed by atoms with Gasteiger partial charge in [0.15, 0.2) is 11.5 Å². The molecule has 2 aromatic carbocycles. The molecule has 3 rings (SSSR count). The maximum absolute atomic E-state index is 12.8. The van der Waals surface area contributed by atoms with Gasteiger partial charge in [0.25, 0.3) is 0 Å². The van der Waals surface area contributed by atoms with Gasteiger partial charge in [0.1, 0.15) is 0 Å². The predicted molar refractivity (Wildman–Crippen MR) is 111 cm³/mol. The van der Waals surface area contributed by atoms with E-state index in [1.54, 1.807) is 14.2 Å². The lowest BCUT2D eigenvalue weighted by Gasteiger charge is -2.22. The summed E-state index contributed by atoms with van der Waals surface area (Å²) in [6, 6.07) is 17.3. The fraction of sp³-hybridized carbons (Fsp3) is 0.261. The highest BCUT2D eigenvalue weighted by molar-refractivity contribution is 5.91. The van der Waals surface area contributed by atoms with Crippen molar-refractivity contribution < 1.29 is 14.3 Å². The number of rotatable bonds is 8. The van der Waals surface area contributed by atoms with Crippen LogP contribution in [0.3, 0.4) is 0 Å². The average Bonchev–Trinajstić information content (AvgIpc) is 3.26. The lowest BCUT2D eigenvalue weighted by Crippen LogP contribution is -2.20. The molecule has 3 aromatic rings. The molecule has 0 radical (unpaired) electrons. The van der Waals surface area contributed by atoms with Crippen LogP contribution < -0.4 is 14.8 Å². The first-order valence-electron chi connectivity index (χ1n) is 9.38. The standard InChI is InChI=1S/C23H26N2O3/c1-4-17-9-7-10-18(15-17)24-22(26)16-20(25-13-5-6-14-25)19-11-8-12-21(27-2)23(19)28-3/h5-15,20H,4,16H2,1-3H3,(H,24,26). The van der Waals surface area contributed by atoms with E-state index in [0.717, 1.165) is 17.7 Å². The topological polar surface area (TPSA) is 52.5 Å². The van der Waals surface area contributed by atoms with E-state index in [4.69, 9.17) is 9.47 Å². The summed E-state index contributed by atoms with van der Waals surface area (Å²) in [5.74, 6) is 1.23. The van der Waals surface area contributed by atoms with Crippen molar-refractivity contribution in [3.8, 4) is 11.5 Å². The molecule has 1 heterocycles. The zero-order valence-corrected chi connectivity index (χ0v) is 16.5. The summed E-state index contributed by atoms with van der Waals surface area (Å²) in [6.07, 6.45) is 5.11. The third kappa shape index (κ3) is 4.36. The third-order valence-corrected chi connectivity index (χ3v) is 4.78. The fourth-order valence-electron chi connectivity index (χ4n) is 3.36. The Morgan fingerprint density at radius 3 is 2.46 bits per heavy atom. The van der Waals surface area contributed by atoms with Gasteiger partial charge in [0, 0.05) is 23.6 Å². The Labute approximate surface area is 165 Å². The van der Waals surface area contributed by atoms with Crippen LogP contribution in [-0.4, -0.2) is 24.7 Å². The predicted octanol–water partition coefficient (Wildman–Crippen LogP) is 4.69. The molecule has 0 spiro atoms. The molecular formula is C23H26N2O3. The van der Waals surface area contributed by atoms with Crippen molar-refractivity contribution in [2.45, 2.75) is 25.8 Å². The number of nitrogens with zero attached hydrogens (tertiary/aromatic N) is 1. The summed E-state index contributed by atoms with van der Waals surface area (Å²) in [5, 5.41) is 3.02. The minimum absolute atomic E-state index is 0.0585. The van der Waals surface area contributed by atoms with Gasteiger partial charge in [0.2, 0.25) is 5.91 Å². The smallest absolute Gasteiger partial charge is 0.226 e. The van der Waals surface area contributed by atoms with Gasteiger partial charge < -0.3 is 19.4 Å². The summed E-state index contributed by atoms with van der Waals surface area (Å²) in [4.78, 5) is 12.8. The maximum atomic E-state index is 12.8. The summed E-state index contributed by atoms with van der Waals surface area (Å²) in [5.41, 5.74) is 2.90. The molecule has 28 heavy (non-hydrogen) atoms. The fourth-order valence-corrected chi connectivity index (χ4v) is 3.36. The van der Waals surface area contributed by atoms with Gasteiger partial charge in [-0.3, -0.25) is 4.79 Å². The Bertz CT molecular complexity index is 919. The third-order valence-electron chi connectivity index (χ3n) is 4.78. The zero-order chi connectivity index (χ0) is 19.9. The first-order chi connectivity index (χ1) is 13.7. The number of ether oxygens (including phenoxy) is 2. The minimum Gasteiger partial charge on any atom is -0.493 e. The van der Waals surface area contributed by atoms with Crippen LogP contribution in [0, 0.1) is 0 Å². The second kappa shape index (κ2) is 9.13. The highest BCUT2D eigenvalue weighted by Gasteiger charge is 2.23. The van der Waals surface area contributed by atoms with E-state index in [9.17, 15) is 4.79 Å². The maximum Gasteiger partial charge on any atom is 0.226 e.